The quantitative estimate of drug-likeness (QED) is 0.264. The van der Waals surface area contributed by atoms with E-state index in [1.165, 1.54) is 12.1 Å². The molecule has 0 aliphatic carbocycles. The summed E-state index contributed by atoms with van der Waals surface area (Å²) in [4.78, 5) is 11.1. The zero-order valence-corrected chi connectivity index (χ0v) is 22.6. The van der Waals surface area contributed by atoms with E-state index in [2.05, 4.69) is 49.0 Å². The minimum Gasteiger partial charge on any atom is -0.396 e. The van der Waals surface area contributed by atoms with E-state index in [0.29, 0.717) is 18.8 Å². The molecule has 0 unspecified atom stereocenters. The third kappa shape index (κ3) is 4.76. The summed E-state index contributed by atoms with van der Waals surface area (Å²) in [6.07, 6.45) is 6.08. The summed E-state index contributed by atoms with van der Waals surface area (Å²) < 4.78 is 17.7. The highest BCUT2D eigenvalue weighted by molar-refractivity contribution is 5.93. The van der Waals surface area contributed by atoms with Crippen LogP contribution in [-0.4, -0.2) is 50.1 Å². The average molecular weight is 536 g/mol. The molecule has 3 aromatic carbocycles. The lowest BCUT2D eigenvalue weighted by Gasteiger charge is -2.12. The summed E-state index contributed by atoms with van der Waals surface area (Å²) in [5.74, 6) is 0.447. The second kappa shape index (κ2) is 10.4. The van der Waals surface area contributed by atoms with Crippen molar-refractivity contribution >= 4 is 39.0 Å². The van der Waals surface area contributed by atoms with Gasteiger partial charge >= 0.3 is 0 Å². The molecule has 0 spiro atoms. The van der Waals surface area contributed by atoms with Gasteiger partial charge in [-0.25, -0.2) is 14.4 Å². The number of fused-ring (bicyclic) bond motifs is 2. The van der Waals surface area contributed by atoms with Crippen LogP contribution in [0, 0.1) is 12.7 Å². The SMILES string of the molecule is Cc1c(CCO)c(N(C)C)cn1-c1ccc2ncnc(Nc3ccc4c(cnn4Cc4cccc(F)c4)c3)c2c1. The standard InChI is InChI=1S/C31H30FN7O/c1-20-26(11-12-40)30(37(2)3)18-38(20)25-8-9-28-27(15-25)31(34-19-33-28)36-24-7-10-29-22(14-24)16-35-39(29)17-21-5-4-6-23(32)13-21/h4-10,13-16,18-19,40H,11-12,17H2,1-3H3,(H,33,34,36). The summed E-state index contributed by atoms with van der Waals surface area (Å²) in [6, 6.07) is 18.7. The molecule has 0 saturated heterocycles. The fourth-order valence-electron chi connectivity index (χ4n) is 5.23. The monoisotopic (exact) mass is 535 g/mol. The van der Waals surface area contributed by atoms with Crippen LogP contribution >= 0.6 is 0 Å². The Labute approximate surface area is 231 Å². The number of aromatic nitrogens is 5. The maximum Gasteiger partial charge on any atom is 0.141 e. The summed E-state index contributed by atoms with van der Waals surface area (Å²) in [5.41, 5.74) is 7.81. The molecule has 2 N–H and O–H groups in total. The molecule has 3 heterocycles. The van der Waals surface area contributed by atoms with Gasteiger partial charge in [0.15, 0.2) is 0 Å². The molecule has 202 valence electrons. The number of aliphatic hydroxyl groups is 1. The molecule has 0 saturated carbocycles. The normalized spacial score (nSPS) is 11.4. The lowest BCUT2D eigenvalue weighted by molar-refractivity contribution is 0.299. The Kier molecular flexibility index (Phi) is 6.65. The van der Waals surface area contributed by atoms with Crippen LogP contribution in [0.1, 0.15) is 16.8 Å². The molecule has 6 rings (SSSR count). The number of hydrogen-bond acceptors (Lipinski definition) is 6. The highest BCUT2D eigenvalue weighted by Crippen LogP contribution is 2.31. The molecular formula is C31H30FN7O. The van der Waals surface area contributed by atoms with Crippen LogP contribution in [0.15, 0.2) is 79.4 Å². The van der Waals surface area contributed by atoms with Gasteiger partial charge in [-0.3, -0.25) is 4.68 Å². The van der Waals surface area contributed by atoms with Crippen LogP contribution in [0.25, 0.3) is 27.5 Å². The summed E-state index contributed by atoms with van der Waals surface area (Å²) in [7, 11) is 4.02. The van der Waals surface area contributed by atoms with E-state index >= 15 is 0 Å². The second-order valence-electron chi connectivity index (χ2n) is 10.1. The molecule has 9 heteroatoms. The predicted molar refractivity (Wildman–Crippen MR) is 157 cm³/mol. The molecule has 0 amide bonds. The van der Waals surface area contributed by atoms with Gasteiger partial charge in [0.2, 0.25) is 0 Å². The first-order valence-corrected chi connectivity index (χ1v) is 13.1. The van der Waals surface area contributed by atoms with Crippen LogP contribution in [0.3, 0.4) is 0 Å². The van der Waals surface area contributed by atoms with Crippen LogP contribution in [0.4, 0.5) is 21.6 Å². The number of benzene rings is 3. The molecule has 8 nitrogen and oxygen atoms in total. The molecule has 40 heavy (non-hydrogen) atoms. The topological polar surface area (TPSA) is 84.0 Å². The number of hydrogen-bond donors (Lipinski definition) is 2. The summed E-state index contributed by atoms with van der Waals surface area (Å²) >= 11 is 0. The molecule has 0 bridgehead atoms. The molecular weight excluding hydrogens is 505 g/mol. The van der Waals surface area contributed by atoms with Crippen molar-refractivity contribution in [1.82, 2.24) is 24.3 Å². The Morgan fingerprint density at radius 3 is 2.70 bits per heavy atom. The van der Waals surface area contributed by atoms with Crippen molar-refractivity contribution < 1.29 is 9.50 Å². The second-order valence-corrected chi connectivity index (χ2v) is 10.1. The highest BCUT2D eigenvalue weighted by atomic mass is 19.1. The van der Waals surface area contributed by atoms with Crippen molar-refractivity contribution in [2.75, 3.05) is 30.9 Å². The van der Waals surface area contributed by atoms with E-state index in [-0.39, 0.29) is 12.4 Å². The van der Waals surface area contributed by atoms with Gasteiger partial charge in [-0.1, -0.05) is 12.1 Å². The van der Waals surface area contributed by atoms with E-state index in [1.54, 1.807) is 12.4 Å². The lowest BCUT2D eigenvalue weighted by atomic mass is 10.1. The first-order valence-electron chi connectivity index (χ1n) is 13.1. The Hall–Kier alpha value is -4.76. The van der Waals surface area contributed by atoms with Gasteiger partial charge in [0, 0.05) is 54.7 Å². The molecule has 0 aliphatic heterocycles. The van der Waals surface area contributed by atoms with Gasteiger partial charge in [0.25, 0.3) is 0 Å². The number of nitrogens with one attached hydrogen (secondary N) is 1. The van der Waals surface area contributed by atoms with Crippen molar-refractivity contribution in [1.29, 1.82) is 0 Å². The number of aliphatic hydroxyl groups excluding tert-OH is 1. The number of anilines is 3. The van der Waals surface area contributed by atoms with Gasteiger partial charge < -0.3 is 19.9 Å². The maximum absolute atomic E-state index is 13.6. The van der Waals surface area contributed by atoms with Crippen molar-refractivity contribution in [3.8, 4) is 5.69 Å². The fourth-order valence-corrected chi connectivity index (χ4v) is 5.23. The average Bonchev–Trinajstić information content (AvgIpc) is 3.49. The van der Waals surface area contributed by atoms with Crippen LogP contribution < -0.4 is 10.2 Å². The number of halogens is 1. The van der Waals surface area contributed by atoms with Gasteiger partial charge in [-0.15, -0.1) is 0 Å². The Bertz CT molecular complexity index is 1840. The minimum absolute atomic E-state index is 0.0966. The Balaban J connectivity index is 1.33. The van der Waals surface area contributed by atoms with E-state index in [4.69, 9.17) is 0 Å². The largest absolute Gasteiger partial charge is 0.396 e. The third-order valence-electron chi connectivity index (χ3n) is 7.23. The first kappa shape index (κ1) is 25.5. The third-order valence-corrected chi connectivity index (χ3v) is 7.23. The van der Waals surface area contributed by atoms with Crippen LogP contribution in [-0.2, 0) is 13.0 Å². The van der Waals surface area contributed by atoms with Gasteiger partial charge in [-0.2, -0.15) is 5.10 Å². The molecule has 6 aromatic rings. The van der Waals surface area contributed by atoms with Crippen molar-refractivity contribution in [2.45, 2.75) is 19.9 Å². The zero-order chi connectivity index (χ0) is 27.8. The van der Waals surface area contributed by atoms with E-state index < -0.39 is 0 Å². The fraction of sp³-hybridized carbons (Fsp3) is 0.194. The maximum atomic E-state index is 13.6. The van der Waals surface area contributed by atoms with Gasteiger partial charge in [0.05, 0.1) is 29.5 Å². The molecule has 0 fully saturated rings. The molecule has 0 aliphatic rings. The Morgan fingerprint density at radius 2 is 1.90 bits per heavy atom. The van der Waals surface area contributed by atoms with E-state index in [1.807, 2.05) is 61.4 Å². The summed E-state index contributed by atoms with van der Waals surface area (Å²) in [5, 5.41) is 19.5. The van der Waals surface area contributed by atoms with Crippen LogP contribution in [0.5, 0.6) is 0 Å². The minimum atomic E-state index is -0.253. The zero-order valence-electron chi connectivity index (χ0n) is 22.6. The lowest BCUT2D eigenvalue weighted by Crippen LogP contribution is -2.10. The van der Waals surface area contributed by atoms with Gasteiger partial charge in [0.1, 0.15) is 18.0 Å². The predicted octanol–water partition coefficient (Wildman–Crippen LogP) is 5.61. The van der Waals surface area contributed by atoms with E-state index in [0.717, 1.165) is 55.7 Å². The Morgan fingerprint density at radius 1 is 1.02 bits per heavy atom. The van der Waals surface area contributed by atoms with Crippen molar-refractivity contribution in [3.63, 3.8) is 0 Å². The number of nitrogens with zero attached hydrogens (tertiary/aromatic N) is 6. The summed E-state index contributed by atoms with van der Waals surface area (Å²) in [6.45, 7) is 2.66. The van der Waals surface area contributed by atoms with Crippen LogP contribution in [0.2, 0.25) is 0 Å². The van der Waals surface area contributed by atoms with Gasteiger partial charge in [-0.05, 0) is 73.0 Å². The van der Waals surface area contributed by atoms with E-state index in [9.17, 15) is 9.50 Å². The van der Waals surface area contributed by atoms with Crippen molar-refractivity contribution in [2.24, 2.45) is 0 Å². The first-order chi connectivity index (χ1) is 19.4. The number of rotatable bonds is 8. The van der Waals surface area contributed by atoms with Crippen molar-refractivity contribution in [3.05, 3.63) is 102 Å². The highest BCUT2D eigenvalue weighted by Gasteiger charge is 2.16. The molecule has 0 atom stereocenters. The smallest absolute Gasteiger partial charge is 0.141 e. The molecule has 3 aromatic heterocycles. The molecule has 0 radical (unpaired) electrons.